The number of benzene rings is 2. The summed E-state index contributed by atoms with van der Waals surface area (Å²) in [6.07, 6.45) is 1.95. The molecule has 1 fully saturated rings. The van der Waals surface area contributed by atoms with Gasteiger partial charge in [-0.1, -0.05) is 17.7 Å². The average Bonchev–Trinajstić information content (AvgIpc) is 2.74. The molecule has 0 aromatic heterocycles. The van der Waals surface area contributed by atoms with E-state index >= 15 is 0 Å². The van der Waals surface area contributed by atoms with Crippen molar-refractivity contribution in [3.8, 4) is 0 Å². The number of piperazine rings is 1. The van der Waals surface area contributed by atoms with Crippen molar-refractivity contribution in [2.45, 2.75) is 0 Å². The lowest BCUT2D eigenvalue weighted by atomic mass is 10.1. The van der Waals surface area contributed by atoms with Gasteiger partial charge in [-0.3, -0.25) is 4.99 Å². The molecule has 2 aromatic carbocycles. The first-order valence-corrected chi connectivity index (χ1v) is 7.88. The van der Waals surface area contributed by atoms with Crippen molar-refractivity contribution in [2.24, 2.45) is 4.99 Å². The van der Waals surface area contributed by atoms with Crippen LogP contribution < -0.4 is 15.5 Å². The monoisotopic (exact) mass is 312 g/mol. The van der Waals surface area contributed by atoms with Gasteiger partial charge < -0.3 is 15.5 Å². The summed E-state index contributed by atoms with van der Waals surface area (Å²) in [5.74, 6) is 0. The fourth-order valence-corrected chi connectivity index (χ4v) is 3.14. The van der Waals surface area contributed by atoms with E-state index in [4.69, 9.17) is 11.6 Å². The second-order valence-electron chi connectivity index (χ2n) is 5.52. The fourth-order valence-electron chi connectivity index (χ4n) is 2.98. The van der Waals surface area contributed by atoms with Crippen molar-refractivity contribution >= 4 is 40.6 Å². The number of rotatable bonds is 1. The number of nitrogens with one attached hydrogen (secondary N) is 2. The van der Waals surface area contributed by atoms with Gasteiger partial charge in [0, 0.05) is 54.4 Å². The largest absolute Gasteiger partial charge is 0.368 e. The first-order chi connectivity index (χ1) is 10.8. The minimum absolute atomic E-state index is 0.700. The van der Waals surface area contributed by atoms with Crippen molar-refractivity contribution < 1.29 is 0 Å². The van der Waals surface area contributed by atoms with E-state index in [0.29, 0.717) is 5.02 Å². The normalized spacial score (nSPS) is 16.5. The van der Waals surface area contributed by atoms with Gasteiger partial charge in [0.15, 0.2) is 0 Å². The molecule has 2 aromatic rings. The highest BCUT2D eigenvalue weighted by Crippen LogP contribution is 2.37. The van der Waals surface area contributed by atoms with Crippen molar-refractivity contribution in [3.05, 3.63) is 47.0 Å². The van der Waals surface area contributed by atoms with Crippen LogP contribution in [0.1, 0.15) is 5.56 Å². The van der Waals surface area contributed by atoms with Crippen LogP contribution in [0.2, 0.25) is 5.02 Å². The highest BCUT2D eigenvalue weighted by Gasteiger charge is 2.18. The lowest BCUT2D eigenvalue weighted by Crippen LogP contribution is -2.43. The number of nitrogens with zero attached hydrogens (tertiary/aromatic N) is 2. The molecule has 0 amide bonds. The van der Waals surface area contributed by atoms with E-state index in [1.165, 1.54) is 5.69 Å². The van der Waals surface area contributed by atoms with Gasteiger partial charge in [-0.2, -0.15) is 0 Å². The van der Waals surface area contributed by atoms with Gasteiger partial charge in [0.05, 0.1) is 11.4 Å². The number of fused-ring (bicyclic) bond motifs is 2. The Balaban J connectivity index is 1.78. The molecule has 22 heavy (non-hydrogen) atoms. The van der Waals surface area contributed by atoms with E-state index in [9.17, 15) is 0 Å². The standard InChI is InChI=1S/C17H17ClN4/c18-12-4-5-15-16(10-12)20-11-13-14(21-15)2-1-3-17(13)22-8-6-19-7-9-22/h1-5,10-11,19,21H,6-9H2. The fraction of sp³-hybridized carbons (Fsp3) is 0.235. The van der Waals surface area contributed by atoms with Gasteiger partial charge in [0.2, 0.25) is 0 Å². The van der Waals surface area contributed by atoms with Crippen molar-refractivity contribution in [1.29, 1.82) is 0 Å². The third kappa shape index (κ3) is 2.45. The number of hydrogen-bond acceptors (Lipinski definition) is 4. The Bertz CT molecular complexity index is 735. The maximum absolute atomic E-state index is 6.08. The van der Waals surface area contributed by atoms with Crippen LogP contribution in [-0.4, -0.2) is 32.4 Å². The minimum atomic E-state index is 0.700. The van der Waals surface area contributed by atoms with Crippen LogP contribution in [0.15, 0.2) is 41.4 Å². The SMILES string of the molecule is Clc1ccc2c(c1)N=Cc1c(cccc1N1CCNCC1)N2. The third-order valence-corrected chi connectivity index (χ3v) is 4.34. The predicted octanol–water partition coefficient (Wildman–Crippen LogP) is 3.56. The molecule has 5 heteroatoms. The lowest BCUT2D eigenvalue weighted by Gasteiger charge is -2.31. The number of anilines is 3. The summed E-state index contributed by atoms with van der Waals surface area (Å²) in [5.41, 5.74) is 5.30. The summed E-state index contributed by atoms with van der Waals surface area (Å²) >= 11 is 6.08. The first kappa shape index (κ1) is 13.6. The van der Waals surface area contributed by atoms with Crippen LogP contribution in [0, 0.1) is 0 Å². The summed E-state index contributed by atoms with van der Waals surface area (Å²) in [6.45, 7) is 4.07. The Hall–Kier alpha value is -2.04. The van der Waals surface area contributed by atoms with E-state index in [1.807, 2.05) is 24.4 Å². The Morgan fingerprint density at radius 2 is 1.91 bits per heavy atom. The van der Waals surface area contributed by atoms with Gasteiger partial charge in [-0.25, -0.2) is 0 Å². The van der Waals surface area contributed by atoms with Crippen molar-refractivity contribution in [2.75, 3.05) is 36.4 Å². The minimum Gasteiger partial charge on any atom is -0.368 e. The maximum Gasteiger partial charge on any atom is 0.0879 e. The van der Waals surface area contributed by atoms with E-state index in [1.54, 1.807) is 0 Å². The van der Waals surface area contributed by atoms with Crippen LogP contribution in [-0.2, 0) is 0 Å². The Labute approximate surface area is 134 Å². The first-order valence-electron chi connectivity index (χ1n) is 7.50. The van der Waals surface area contributed by atoms with Crippen molar-refractivity contribution in [1.82, 2.24) is 5.32 Å². The molecule has 0 spiro atoms. The second-order valence-corrected chi connectivity index (χ2v) is 5.96. The average molecular weight is 313 g/mol. The van der Waals surface area contributed by atoms with Crippen LogP contribution in [0.5, 0.6) is 0 Å². The van der Waals surface area contributed by atoms with E-state index < -0.39 is 0 Å². The van der Waals surface area contributed by atoms with Gasteiger partial charge in [0.1, 0.15) is 0 Å². The summed E-state index contributed by atoms with van der Waals surface area (Å²) in [4.78, 5) is 7.04. The lowest BCUT2D eigenvalue weighted by molar-refractivity contribution is 0.589. The number of aliphatic imine (C=N–C) groups is 1. The molecule has 2 aliphatic rings. The zero-order valence-corrected chi connectivity index (χ0v) is 12.9. The van der Waals surface area contributed by atoms with Crippen molar-refractivity contribution in [3.63, 3.8) is 0 Å². The zero-order chi connectivity index (χ0) is 14.9. The molecule has 0 saturated carbocycles. The molecule has 0 atom stereocenters. The van der Waals surface area contributed by atoms with E-state index in [0.717, 1.165) is 48.8 Å². The summed E-state index contributed by atoms with van der Waals surface area (Å²) in [6, 6.07) is 12.1. The van der Waals surface area contributed by atoms with Crippen LogP contribution in [0.4, 0.5) is 22.7 Å². The van der Waals surface area contributed by atoms with E-state index in [-0.39, 0.29) is 0 Å². The third-order valence-electron chi connectivity index (χ3n) is 4.10. The molecular weight excluding hydrogens is 296 g/mol. The molecule has 0 aliphatic carbocycles. The number of halogens is 1. The molecule has 2 heterocycles. The molecule has 0 unspecified atom stereocenters. The predicted molar refractivity (Wildman–Crippen MR) is 93.5 cm³/mol. The topological polar surface area (TPSA) is 39.7 Å². The van der Waals surface area contributed by atoms with Gasteiger partial charge >= 0.3 is 0 Å². The molecule has 2 N–H and O–H groups in total. The summed E-state index contributed by atoms with van der Waals surface area (Å²) in [5, 5.41) is 7.58. The van der Waals surface area contributed by atoms with Crippen LogP contribution in [0.3, 0.4) is 0 Å². The van der Waals surface area contributed by atoms with E-state index in [2.05, 4.69) is 38.7 Å². The zero-order valence-electron chi connectivity index (χ0n) is 12.1. The summed E-state index contributed by atoms with van der Waals surface area (Å²) < 4.78 is 0. The van der Waals surface area contributed by atoms with Gasteiger partial charge in [0.25, 0.3) is 0 Å². The smallest absolute Gasteiger partial charge is 0.0879 e. The highest BCUT2D eigenvalue weighted by molar-refractivity contribution is 6.31. The Morgan fingerprint density at radius 1 is 1.05 bits per heavy atom. The van der Waals surface area contributed by atoms with Crippen LogP contribution in [0.25, 0.3) is 0 Å². The molecule has 4 rings (SSSR count). The molecule has 0 radical (unpaired) electrons. The second kappa shape index (κ2) is 5.63. The molecule has 112 valence electrons. The molecule has 2 aliphatic heterocycles. The molecule has 4 nitrogen and oxygen atoms in total. The maximum atomic E-state index is 6.08. The van der Waals surface area contributed by atoms with Crippen LogP contribution >= 0.6 is 11.6 Å². The Morgan fingerprint density at radius 3 is 2.77 bits per heavy atom. The molecule has 0 bridgehead atoms. The van der Waals surface area contributed by atoms with Gasteiger partial charge in [-0.15, -0.1) is 0 Å². The molecule has 1 saturated heterocycles. The molecular formula is C17H17ClN4. The Kier molecular flexibility index (Phi) is 3.48. The number of hydrogen-bond donors (Lipinski definition) is 2. The van der Waals surface area contributed by atoms with Gasteiger partial charge in [-0.05, 0) is 30.3 Å². The quantitative estimate of drug-likeness (QED) is 0.722. The highest BCUT2D eigenvalue weighted by atomic mass is 35.5. The summed E-state index contributed by atoms with van der Waals surface area (Å²) in [7, 11) is 0.